The Labute approximate surface area is 143 Å². The van der Waals surface area contributed by atoms with E-state index in [2.05, 4.69) is 6.58 Å². The maximum absolute atomic E-state index is 12.8. The van der Waals surface area contributed by atoms with E-state index in [1.165, 1.54) is 0 Å². The van der Waals surface area contributed by atoms with Gasteiger partial charge in [0.1, 0.15) is 12.4 Å². The molecule has 1 aliphatic heterocycles. The lowest BCUT2D eigenvalue weighted by atomic mass is 9.85. The van der Waals surface area contributed by atoms with Gasteiger partial charge in [-0.3, -0.25) is 9.59 Å². The summed E-state index contributed by atoms with van der Waals surface area (Å²) in [7, 11) is 1.59. The van der Waals surface area contributed by atoms with Crippen LogP contribution in [-0.2, 0) is 9.53 Å². The van der Waals surface area contributed by atoms with Crippen LogP contribution in [0.2, 0.25) is 0 Å². The van der Waals surface area contributed by atoms with Crippen molar-refractivity contribution in [3.05, 3.63) is 42.5 Å². The van der Waals surface area contributed by atoms with E-state index < -0.39 is 5.41 Å². The van der Waals surface area contributed by atoms with E-state index in [9.17, 15) is 9.59 Å². The van der Waals surface area contributed by atoms with E-state index in [0.717, 1.165) is 19.3 Å². The summed E-state index contributed by atoms with van der Waals surface area (Å²) in [5.41, 5.74) is -0.0822. The number of hydrogen-bond donors (Lipinski definition) is 0. The van der Waals surface area contributed by atoms with Crippen LogP contribution in [0.1, 0.15) is 36.5 Å². The molecule has 5 heteroatoms. The first-order chi connectivity index (χ1) is 11.5. The number of hydrogen-bond acceptors (Lipinski definition) is 4. The second-order valence-corrected chi connectivity index (χ2v) is 6.36. The molecule has 1 fully saturated rings. The number of methoxy groups -OCH3 is 1. The van der Waals surface area contributed by atoms with E-state index in [0.29, 0.717) is 24.4 Å². The zero-order chi connectivity index (χ0) is 17.6. The van der Waals surface area contributed by atoms with Crippen molar-refractivity contribution in [1.82, 2.24) is 4.90 Å². The van der Waals surface area contributed by atoms with Crippen LogP contribution in [-0.4, -0.2) is 43.6 Å². The second kappa shape index (κ2) is 7.99. The third-order valence-corrected chi connectivity index (χ3v) is 4.40. The van der Waals surface area contributed by atoms with Gasteiger partial charge in [-0.15, -0.1) is 0 Å². The van der Waals surface area contributed by atoms with Gasteiger partial charge in [0, 0.05) is 18.7 Å². The standard InChI is InChI=1S/C19H25NO4/c1-4-13-24-18(22)19(2)11-5-6-12-20(14-19)17(21)15-7-9-16(23-3)10-8-15/h4,7-10H,1,5-6,11-14H2,2-3H3. The van der Waals surface area contributed by atoms with Crippen molar-refractivity contribution >= 4 is 11.9 Å². The van der Waals surface area contributed by atoms with Crippen LogP contribution in [0.3, 0.4) is 0 Å². The molecule has 2 rings (SSSR count). The molecule has 24 heavy (non-hydrogen) atoms. The van der Waals surface area contributed by atoms with Crippen LogP contribution < -0.4 is 4.74 Å². The summed E-state index contributed by atoms with van der Waals surface area (Å²) in [4.78, 5) is 26.9. The Morgan fingerprint density at radius 2 is 2.00 bits per heavy atom. The van der Waals surface area contributed by atoms with Gasteiger partial charge in [-0.05, 0) is 44.0 Å². The van der Waals surface area contributed by atoms with Gasteiger partial charge in [0.15, 0.2) is 0 Å². The first-order valence-corrected chi connectivity index (χ1v) is 8.21. The van der Waals surface area contributed by atoms with Gasteiger partial charge in [0.2, 0.25) is 0 Å². The molecule has 1 atom stereocenters. The Bertz CT molecular complexity index is 596. The predicted octanol–water partition coefficient (Wildman–Crippen LogP) is 3.06. The molecular formula is C19H25NO4. The molecule has 1 amide bonds. The summed E-state index contributed by atoms with van der Waals surface area (Å²) in [5.74, 6) is 0.374. The average molecular weight is 331 g/mol. The van der Waals surface area contributed by atoms with Gasteiger partial charge >= 0.3 is 5.97 Å². The smallest absolute Gasteiger partial charge is 0.313 e. The monoisotopic (exact) mass is 331 g/mol. The molecule has 1 unspecified atom stereocenters. The van der Waals surface area contributed by atoms with Crippen molar-refractivity contribution in [2.24, 2.45) is 5.41 Å². The number of amides is 1. The van der Waals surface area contributed by atoms with Crippen LogP contribution >= 0.6 is 0 Å². The molecule has 0 spiro atoms. The highest BCUT2D eigenvalue weighted by atomic mass is 16.5. The lowest BCUT2D eigenvalue weighted by molar-refractivity contribution is -0.154. The van der Waals surface area contributed by atoms with Crippen molar-refractivity contribution in [2.75, 3.05) is 26.8 Å². The minimum atomic E-state index is -0.679. The van der Waals surface area contributed by atoms with Gasteiger partial charge < -0.3 is 14.4 Å². The van der Waals surface area contributed by atoms with E-state index >= 15 is 0 Å². The van der Waals surface area contributed by atoms with E-state index in [-0.39, 0.29) is 18.5 Å². The molecule has 0 N–H and O–H groups in total. The Hall–Kier alpha value is -2.30. The maximum Gasteiger partial charge on any atom is 0.313 e. The minimum absolute atomic E-state index is 0.0673. The Morgan fingerprint density at radius 3 is 2.62 bits per heavy atom. The van der Waals surface area contributed by atoms with Crippen LogP contribution in [0.4, 0.5) is 0 Å². The first kappa shape index (κ1) is 18.0. The molecule has 0 aromatic heterocycles. The quantitative estimate of drug-likeness (QED) is 0.615. The number of ether oxygens (including phenoxy) is 2. The summed E-state index contributed by atoms with van der Waals surface area (Å²) in [5, 5.41) is 0. The SMILES string of the molecule is C=CCOC(=O)C1(C)CCCCN(C(=O)c2ccc(OC)cc2)C1. The summed E-state index contributed by atoms with van der Waals surface area (Å²) in [6, 6.07) is 7.03. The molecule has 1 aromatic carbocycles. The number of benzene rings is 1. The van der Waals surface area contributed by atoms with Gasteiger partial charge in [-0.2, -0.15) is 0 Å². The van der Waals surface area contributed by atoms with E-state index in [1.54, 1.807) is 42.4 Å². The summed E-state index contributed by atoms with van der Waals surface area (Å²) < 4.78 is 10.4. The number of nitrogens with zero attached hydrogens (tertiary/aromatic N) is 1. The number of rotatable bonds is 5. The van der Waals surface area contributed by atoms with E-state index in [4.69, 9.17) is 9.47 Å². The molecule has 0 bridgehead atoms. The average Bonchev–Trinajstić information content (AvgIpc) is 2.82. The molecule has 1 aliphatic rings. The number of esters is 1. The number of likely N-dealkylation sites (tertiary alicyclic amines) is 1. The number of carbonyl (C=O) groups excluding carboxylic acids is 2. The predicted molar refractivity (Wildman–Crippen MR) is 92.0 cm³/mol. The minimum Gasteiger partial charge on any atom is -0.497 e. The van der Waals surface area contributed by atoms with Crippen molar-refractivity contribution in [1.29, 1.82) is 0 Å². The van der Waals surface area contributed by atoms with Crippen LogP contribution in [0.15, 0.2) is 36.9 Å². The second-order valence-electron chi connectivity index (χ2n) is 6.36. The highest BCUT2D eigenvalue weighted by Gasteiger charge is 2.39. The lowest BCUT2D eigenvalue weighted by Crippen LogP contribution is -2.43. The Morgan fingerprint density at radius 1 is 1.29 bits per heavy atom. The van der Waals surface area contributed by atoms with Crippen molar-refractivity contribution in [3.8, 4) is 5.75 Å². The zero-order valence-electron chi connectivity index (χ0n) is 14.4. The lowest BCUT2D eigenvalue weighted by Gasteiger charge is -2.31. The van der Waals surface area contributed by atoms with Crippen molar-refractivity contribution in [3.63, 3.8) is 0 Å². The molecule has 130 valence electrons. The highest BCUT2D eigenvalue weighted by Crippen LogP contribution is 2.31. The van der Waals surface area contributed by atoms with Crippen LogP contribution in [0, 0.1) is 5.41 Å². The Kier molecular flexibility index (Phi) is 6.01. The molecule has 1 aromatic rings. The van der Waals surface area contributed by atoms with Gasteiger partial charge in [0.25, 0.3) is 5.91 Å². The fourth-order valence-corrected chi connectivity index (χ4v) is 2.96. The van der Waals surface area contributed by atoms with Gasteiger partial charge in [-0.1, -0.05) is 19.1 Å². The summed E-state index contributed by atoms with van der Waals surface area (Å²) >= 11 is 0. The van der Waals surface area contributed by atoms with Gasteiger partial charge in [-0.25, -0.2) is 0 Å². The molecule has 1 saturated heterocycles. The third-order valence-electron chi connectivity index (χ3n) is 4.40. The fraction of sp³-hybridized carbons (Fsp3) is 0.474. The molecule has 1 heterocycles. The largest absolute Gasteiger partial charge is 0.497 e. The third kappa shape index (κ3) is 4.16. The van der Waals surface area contributed by atoms with Gasteiger partial charge in [0.05, 0.1) is 12.5 Å². The molecular weight excluding hydrogens is 306 g/mol. The first-order valence-electron chi connectivity index (χ1n) is 8.21. The summed E-state index contributed by atoms with van der Waals surface area (Å²) in [6.07, 6.45) is 4.05. The van der Waals surface area contributed by atoms with Crippen molar-refractivity contribution in [2.45, 2.75) is 26.2 Å². The fourth-order valence-electron chi connectivity index (χ4n) is 2.96. The van der Waals surface area contributed by atoms with Crippen LogP contribution in [0.5, 0.6) is 5.75 Å². The molecule has 0 saturated carbocycles. The molecule has 5 nitrogen and oxygen atoms in total. The highest BCUT2D eigenvalue weighted by molar-refractivity contribution is 5.94. The molecule has 0 aliphatic carbocycles. The topological polar surface area (TPSA) is 55.8 Å². The normalized spacial score (nSPS) is 20.8. The van der Waals surface area contributed by atoms with Crippen LogP contribution in [0.25, 0.3) is 0 Å². The Balaban J connectivity index is 2.14. The summed E-state index contributed by atoms with van der Waals surface area (Å²) in [6.45, 7) is 6.65. The van der Waals surface area contributed by atoms with Crippen molar-refractivity contribution < 1.29 is 19.1 Å². The zero-order valence-corrected chi connectivity index (χ0v) is 14.4. The number of carbonyl (C=O) groups is 2. The molecule has 0 radical (unpaired) electrons. The van der Waals surface area contributed by atoms with E-state index in [1.807, 2.05) is 6.92 Å². The maximum atomic E-state index is 12.8.